The van der Waals surface area contributed by atoms with Gasteiger partial charge in [-0.15, -0.1) is 10.2 Å². The maximum atomic E-state index is 11.5. The van der Waals surface area contributed by atoms with Crippen LogP contribution >= 0.6 is 0 Å². The van der Waals surface area contributed by atoms with Crippen molar-refractivity contribution in [2.45, 2.75) is 19.4 Å². The number of nitrogens with one attached hydrogen (secondary N) is 1. The van der Waals surface area contributed by atoms with Crippen LogP contribution in [0, 0.1) is 0 Å². The highest BCUT2D eigenvalue weighted by molar-refractivity contribution is 5.79. The molecular formula is C13H15N3O3. The molecule has 0 amide bonds. The second-order valence-electron chi connectivity index (χ2n) is 3.95. The van der Waals surface area contributed by atoms with Crippen molar-refractivity contribution in [1.29, 1.82) is 0 Å². The lowest BCUT2D eigenvalue weighted by atomic mass is 10.1. The first-order chi connectivity index (χ1) is 9.24. The first-order valence-corrected chi connectivity index (χ1v) is 5.95. The second kappa shape index (κ2) is 5.99. The minimum absolute atomic E-state index is 0.286. The largest absolute Gasteiger partial charge is 0.467 e. The fraction of sp³-hybridized carbons (Fsp3) is 0.308. The molecule has 19 heavy (non-hydrogen) atoms. The zero-order chi connectivity index (χ0) is 13.7. The average molecular weight is 261 g/mol. The lowest BCUT2D eigenvalue weighted by Crippen LogP contribution is -2.29. The summed E-state index contributed by atoms with van der Waals surface area (Å²) in [6.45, 7) is 1.91. The van der Waals surface area contributed by atoms with Crippen LogP contribution in [-0.2, 0) is 9.53 Å². The molecule has 1 aromatic heterocycles. The SMILES string of the molecule is CCC(Nc1cccc(-c2nnco2)c1)C(=O)OC. The third-order valence-corrected chi connectivity index (χ3v) is 2.70. The molecular weight excluding hydrogens is 246 g/mol. The Hall–Kier alpha value is -2.37. The van der Waals surface area contributed by atoms with Gasteiger partial charge in [-0.3, -0.25) is 0 Å². The van der Waals surface area contributed by atoms with Crippen LogP contribution in [0.4, 0.5) is 5.69 Å². The molecule has 0 aliphatic carbocycles. The molecule has 2 rings (SSSR count). The highest BCUT2D eigenvalue weighted by Crippen LogP contribution is 2.21. The van der Waals surface area contributed by atoms with E-state index >= 15 is 0 Å². The molecule has 2 aromatic rings. The van der Waals surface area contributed by atoms with Gasteiger partial charge >= 0.3 is 5.97 Å². The van der Waals surface area contributed by atoms with Crippen molar-refractivity contribution in [2.75, 3.05) is 12.4 Å². The molecule has 0 aliphatic rings. The maximum absolute atomic E-state index is 11.5. The summed E-state index contributed by atoms with van der Waals surface area (Å²) in [7, 11) is 1.38. The number of methoxy groups -OCH3 is 1. The molecule has 6 heteroatoms. The van der Waals surface area contributed by atoms with Crippen molar-refractivity contribution in [2.24, 2.45) is 0 Å². The molecule has 0 aliphatic heterocycles. The molecule has 1 N–H and O–H groups in total. The van der Waals surface area contributed by atoms with Crippen LogP contribution in [0.15, 0.2) is 35.1 Å². The van der Waals surface area contributed by atoms with Gasteiger partial charge in [-0.25, -0.2) is 4.79 Å². The molecule has 100 valence electrons. The number of anilines is 1. The van der Waals surface area contributed by atoms with E-state index in [4.69, 9.17) is 9.15 Å². The van der Waals surface area contributed by atoms with E-state index in [1.165, 1.54) is 13.5 Å². The van der Waals surface area contributed by atoms with E-state index in [1.807, 2.05) is 31.2 Å². The van der Waals surface area contributed by atoms with Crippen molar-refractivity contribution >= 4 is 11.7 Å². The number of benzene rings is 1. The first kappa shape index (κ1) is 13.1. The van der Waals surface area contributed by atoms with Crippen molar-refractivity contribution in [1.82, 2.24) is 10.2 Å². The highest BCUT2D eigenvalue weighted by atomic mass is 16.5. The van der Waals surface area contributed by atoms with Gasteiger partial charge in [-0.05, 0) is 24.6 Å². The topological polar surface area (TPSA) is 77.3 Å². The van der Waals surface area contributed by atoms with Gasteiger partial charge in [0.1, 0.15) is 6.04 Å². The quantitative estimate of drug-likeness (QED) is 0.830. The Kier molecular flexibility index (Phi) is 4.12. The Bertz CT molecular complexity index is 540. The Balaban J connectivity index is 2.17. The zero-order valence-corrected chi connectivity index (χ0v) is 10.8. The summed E-state index contributed by atoms with van der Waals surface area (Å²) < 4.78 is 9.87. The molecule has 1 unspecified atom stereocenters. The van der Waals surface area contributed by atoms with Gasteiger partial charge in [0.15, 0.2) is 0 Å². The number of hydrogen-bond donors (Lipinski definition) is 1. The van der Waals surface area contributed by atoms with Gasteiger partial charge in [-0.1, -0.05) is 13.0 Å². The number of esters is 1. The summed E-state index contributed by atoms with van der Waals surface area (Å²) in [6, 6.07) is 7.05. The Labute approximate surface area is 110 Å². The summed E-state index contributed by atoms with van der Waals surface area (Å²) in [5, 5.41) is 10.6. The monoisotopic (exact) mass is 261 g/mol. The molecule has 0 fully saturated rings. The predicted octanol–water partition coefficient (Wildman–Crippen LogP) is 2.10. The van der Waals surface area contributed by atoms with Crippen molar-refractivity contribution in [3.63, 3.8) is 0 Å². The number of carbonyl (C=O) groups is 1. The lowest BCUT2D eigenvalue weighted by molar-refractivity contribution is -0.141. The molecule has 1 aromatic carbocycles. The van der Waals surface area contributed by atoms with E-state index in [-0.39, 0.29) is 12.0 Å². The van der Waals surface area contributed by atoms with Crippen LogP contribution in [0.2, 0.25) is 0 Å². The maximum Gasteiger partial charge on any atom is 0.328 e. The smallest absolute Gasteiger partial charge is 0.328 e. The van der Waals surface area contributed by atoms with Crippen LogP contribution in [-0.4, -0.2) is 29.3 Å². The minimum atomic E-state index is -0.372. The van der Waals surface area contributed by atoms with E-state index in [2.05, 4.69) is 15.5 Å². The molecule has 0 spiro atoms. The summed E-state index contributed by atoms with van der Waals surface area (Å²) in [5.74, 6) is 0.153. The highest BCUT2D eigenvalue weighted by Gasteiger charge is 2.16. The van der Waals surface area contributed by atoms with Crippen LogP contribution in [0.3, 0.4) is 0 Å². The van der Waals surface area contributed by atoms with Crippen LogP contribution < -0.4 is 5.32 Å². The average Bonchev–Trinajstić information content (AvgIpc) is 2.98. The third-order valence-electron chi connectivity index (χ3n) is 2.70. The number of nitrogens with zero attached hydrogens (tertiary/aromatic N) is 2. The molecule has 6 nitrogen and oxygen atoms in total. The van der Waals surface area contributed by atoms with E-state index in [0.717, 1.165) is 11.3 Å². The lowest BCUT2D eigenvalue weighted by Gasteiger charge is -2.15. The fourth-order valence-electron chi connectivity index (χ4n) is 1.71. The number of rotatable bonds is 5. The Morgan fingerprint density at radius 3 is 3.00 bits per heavy atom. The minimum Gasteiger partial charge on any atom is -0.467 e. The van der Waals surface area contributed by atoms with Gasteiger partial charge in [-0.2, -0.15) is 0 Å². The number of carbonyl (C=O) groups excluding carboxylic acids is 1. The van der Waals surface area contributed by atoms with E-state index in [0.29, 0.717) is 12.3 Å². The first-order valence-electron chi connectivity index (χ1n) is 5.95. The van der Waals surface area contributed by atoms with Crippen molar-refractivity contribution in [3.05, 3.63) is 30.7 Å². The molecule has 0 radical (unpaired) electrons. The standard InChI is InChI=1S/C13H15N3O3/c1-3-11(13(17)18-2)15-10-6-4-5-9(7-10)12-16-14-8-19-12/h4-8,11,15H,3H2,1-2H3. The molecule has 1 heterocycles. The van der Waals surface area contributed by atoms with Crippen molar-refractivity contribution < 1.29 is 13.9 Å². The third kappa shape index (κ3) is 3.09. The van der Waals surface area contributed by atoms with Gasteiger partial charge in [0.05, 0.1) is 7.11 Å². The summed E-state index contributed by atoms with van der Waals surface area (Å²) in [5.41, 5.74) is 1.59. The summed E-state index contributed by atoms with van der Waals surface area (Å²) >= 11 is 0. The molecule has 0 bridgehead atoms. The Morgan fingerprint density at radius 2 is 2.37 bits per heavy atom. The number of ether oxygens (including phenoxy) is 1. The van der Waals surface area contributed by atoms with E-state index in [9.17, 15) is 4.79 Å². The van der Waals surface area contributed by atoms with Crippen LogP contribution in [0.1, 0.15) is 13.3 Å². The number of hydrogen-bond acceptors (Lipinski definition) is 6. The predicted molar refractivity (Wildman–Crippen MR) is 69.5 cm³/mol. The van der Waals surface area contributed by atoms with Crippen LogP contribution in [0.25, 0.3) is 11.5 Å². The van der Waals surface area contributed by atoms with Gasteiger partial charge in [0, 0.05) is 11.3 Å². The Morgan fingerprint density at radius 1 is 1.53 bits per heavy atom. The zero-order valence-electron chi connectivity index (χ0n) is 10.8. The molecule has 0 saturated carbocycles. The van der Waals surface area contributed by atoms with Gasteiger partial charge < -0.3 is 14.5 Å². The van der Waals surface area contributed by atoms with Gasteiger partial charge in [0.2, 0.25) is 12.3 Å². The van der Waals surface area contributed by atoms with E-state index < -0.39 is 0 Å². The molecule has 0 saturated heterocycles. The van der Waals surface area contributed by atoms with Crippen molar-refractivity contribution in [3.8, 4) is 11.5 Å². The molecule has 1 atom stereocenters. The summed E-state index contributed by atoms with van der Waals surface area (Å²) in [6.07, 6.45) is 1.91. The normalized spacial score (nSPS) is 11.9. The summed E-state index contributed by atoms with van der Waals surface area (Å²) in [4.78, 5) is 11.5. The number of aromatic nitrogens is 2. The fourth-order valence-corrected chi connectivity index (χ4v) is 1.71. The second-order valence-corrected chi connectivity index (χ2v) is 3.95. The van der Waals surface area contributed by atoms with Gasteiger partial charge in [0.25, 0.3) is 0 Å². The van der Waals surface area contributed by atoms with E-state index in [1.54, 1.807) is 0 Å². The van der Waals surface area contributed by atoms with Crippen LogP contribution in [0.5, 0.6) is 0 Å².